The average molecular weight is 717 g/mol. The van der Waals surface area contributed by atoms with Crippen molar-refractivity contribution in [2.75, 3.05) is 29.9 Å². The van der Waals surface area contributed by atoms with E-state index in [-0.39, 0.29) is 41.6 Å². The largest absolute Gasteiger partial charge is 0.493 e. The van der Waals surface area contributed by atoms with Crippen LogP contribution in [0.4, 0.5) is 25.0 Å². The van der Waals surface area contributed by atoms with Gasteiger partial charge in [-0.15, -0.1) is 12.4 Å². The van der Waals surface area contributed by atoms with Crippen LogP contribution in [0.3, 0.4) is 0 Å². The molecule has 2 unspecified atom stereocenters. The molecule has 260 valence electrons. The predicted molar refractivity (Wildman–Crippen MR) is 183 cm³/mol. The molecule has 0 bridgehead atoms. The fourth-order valence-corrected chi connectivity index (χ4v) is 6.04. The minimum Gasteiger partial charge on any atom is -0.493 e. The van der Waals surface area contributed by atoms with Gasteiger partial charge < -0.3 is 25.8 Å². The molecule has 1 fully saturated rings. The number of ether oxygens (including phenoxy) is 2. The van der Waals surface area contributed by atoms with Crippen LogP contribution >= 0.6 is 12.4 Å². The number of aromatic nitrogens is 1. The number of amides is 3. The average Bonchev–Trinajstić information content (AvgIpc) is 3.03. The minimum atomic E-state index is -3.47. The molecule has 0 aliphatic carbocycles. The van der Waals surface area contributed by atoms with Crippen molar-refractivity contribution in [2.24, 2.45) is 5.73 Å². The van der Waals surface area contributed by atoms with Gasteiger partial charge in [0.2, 0.25) is 15.9 Å². The SMILES string of the molecule is COc1cc(NS(C)(=O)=O)ccc1Oc1ccc(CN2CCC(NC(=O)Nc3ccc(F)c(C(N)=O)c3)CC2c2cccc(F)c2)cn1.Cl. The zero-order chi connectivity index (χ0) is 34.4. The lowest BCUT2D eigenvalue weighted by Gasteiger charge is -2.40. The van der Waals surface area contributed by atoms with Crippen molar-refractivity contribution in [1.82, 2.24) is 15.2 Å². The van der Waals surface area contributed by atoms with Crippen molar-refractivity contribution in [3.63, 3.8) is 0 Å². The second kappa shape index (κ2) is 15.9. The predicted octanol–water partition coefficient (Wildman–Crippen LogP) is 5.58. The van der Waals surface area contributed by atoms with Crippen LogP contribution < -0.4 is 30.6 Å². The van der Waals surface area contributed by atoms with Gasteiger partial charge in [-0.1, -0.05) is 18.2 Å². The molecule has 3 aromatic carbocycles. The molecule has 0 saturated carbocycles. The quantitative estimate of drug-likeness (QED) is 0.156. The van der Waals surface area contributed by atoms with Gasteiger partial charge >= 0.3 is 6.03 Å². The molecule has 0 spiro atoms. The van der Waals surface area contributed by atoms with Gasteiger partial charge in [0.1, 0.15) is 11.6 Å². The monoisotopic (exact) mass is 716 g/mol. The number of primary amides is 1. The number of hydrogen-bond donors (Lipinski definition) is 4. The maximum absolute atomic E-state index is 14.3. The summed E-state index contributed by atoms with van der Waals surface area (Å²) in [6, 6.07) is 17.0. The molecule has 2 atom stereocenters. The number of anilines is 2. The van der Waals surface area contributed by atoms with E-state index in [1.165, 1.54) is 37.4 Å². The first-order valence-corrected chi connectivity index (χ1v) is 16.7. The molecule has 1 aromatic heterocycles. The molecule has 1 aliphatic rings. The third-order valence-corrected chi connectivity index (χ3v) is 8.24. The smallest absolute Gasteiger partial charge is 0.319 e. The second-order valence-electron chi connectivity index (χ2n) is 11.3. The highest BCUT2D eigenvalue weighted by Crippen LogP contribution is 2.35. The molecular formula is C33H35ClF2N6O6S. The molecule has 5 rings (SSSR count). The maximum atomic E-state index is 14.3. The third-order valence-electron chi connectivity index (χ3n) is 7.64. The van der Waals surface area contributed by atoms with Gasteiger partial charge in [-0.25, -0.2) is 27.0 Å². The first-order valence-electron chi connectivity index (χ1n) is 14.8. The number of rotatable bonds is 11. The zero-order valence-electron chi connectivity index (χ0n) is 26.5. The topological polar surface area (TPSA) is 165 Å². The highest BCUT2D eigenvalue weighted by molar-refractivity contribution is 7.92. The Labute approximate surface area is 288 Å². The van der Waals surface area contributed by atoms with Gasteiger partial charge in [-0.3, -0.25) is 14.4 Å². The summed E-state index contributed by atoms with van der Waals surface area (Å²) in [6.07, 6.45) is 3.79. The highest BCUT2D eigenvalue weighted by atomic mass is 35.5. The second-order valence-corrected chi connectivity index (χ2v) is 13.0. The number of likely N-dealkylation sites (tertiary alicyclic amines) is 1. The third kappa shape index (κ3) is 10.0. The highest BCUT2D eigenvalue weighted by Gasteiger charge is 2.31. The van der Waals surface area contributed by atoms with Gasteiger partial charge in [0.15, 0.2) is 11.5 Å². The number of hydrogen-bond acceptors (Lipinski definition) is 8. The molecule has 16 heteroatoms. The van der Waals surface area contributed by atoms with E-state index in [0.29, 0.717) is 49.0 Å². The lowest BCUT2D eigenvalue weighted by molar-refractivity contribution is 0.0996. The number of methoxy groups -OCH3 is 1. The standard InChI is InChI=1S/C33H34F2N6O6S.ClH/c1-46-30-17-25(40-48(2,44)45)8-10-29(30)47-31-11-6-20(18-37-31)19-41-13-12-24(16-28(41)21-4-3-5-22(34)14-21)39-33(43)38-23-7-9-27(35)26(15-23)32(36)42;/h3-11,14-15,17-18,24,28,40H,12-13,16,19H2,1-2H3,(H2,36,42)(H2,38,39,43);1H. The van der Waals surface area contributed by atoms with E-state index in [4.69, 9.17) is 15.2 Å². The number of halogens is 3. The van der Waals surface area contributed by atoms with Gasteiger partial charge in [0, 0.05) is 49.2 Å². The van der Waals surface area contributed by atoms with Crippen molar-refractivity contribution < 1.29 is 36.3 Å². The van der Waals surface area contributed by atoms with E-state index < -0.39 is 27.8 Å². The summed E-state index contributed by atoms with van der Waals surface area (Å²) in [6.45, 7) is 1.05. The molecule has 2 heterocycles. The molecule has 49 heavy (non-hydrogen) atoms. The Morgan fingerprint density at radius 2 is 1.80 bits per heavy atom. The van der Waals surface area contributed by atoms with Gasteiger partial charge in [0.05, 0.1) is 24.6 Å². The van der Waals surface area contributed by atoms with Crippen LogP contribution in [0.25, 0.3) is 0 Å². The molecule has 4 aromatic rings. The van der Waals surface area contributed by atoms with E-state index in [0.717, 1.165) is 23.4 Å². The molecular weight excluding hydrogens is 682 g/mol. The number of sulfonamides is 1. The Morgan fingerprint density at radius 3 is 2.47 bits per heavy atom. The fourth-order valence-electron chi connectivity index (χ4n) is 5.48. The summed E-state index contributed by atoms with van der Waals surface area (Å²) in [5, 5.41) is 5.55. The number of piperidine rings is 1. The van der Waals surface area contributed by atoms with Crippen LogP contribution in [0.5, 0.6) is 17.4 Å². The summed E-state index contributed by atoms with van der Waals surface area (Å²) in [4.78, 5) is 30.9. The van der Waals surface area contributed by atoms with Crippen LogP contribution in [0, 0.1) is 11.6 Å². The minimum absolute atomic E-state index is 0. The van der Waals surface area contributed by atoms with Crippen molar-refractivity contribution in [1.29, 1.82) is 0 Å². The normalized spacial score (nSPS) is 16.2. The molecule has 5 N–H and O–H groups in total. The van der Waals surface area contributed by atoms with Crippen molar-refractivity contribution in [2.45, 2.75) is 31.5 Å². The number of nitrogens with zero attached hydrogens (tertiary/aromatic N) is 2. The molecule has 0 radical (unpaired) electrons. The Kier molecular flexibility index (Phi) is 12.0. The molecule has 1 saturated heterocycles. The Bertz CT molecular complexity index is 1920. The van der Waals surface area contributed by atoms with E-state index in [2.05, 4.69) is 25.2 Å². The summed E-state index contributed by atoms with van der Waals surface area (Å²) in [5.74, 6) is -1.16. The van der Waals surface area contributed by atoms with E-state index in [1.807, 2.05) is 12.1 Å². The Hall–Kier alpha value is -4.99. The van der Waals surface area contributed by atoms with E-state index in [1.54, 1.807) is 30.5 Å². The molecule has 12 nitrogen and oxygen atoms in total. The number of benzene rings is 3. The summed E-state index contributed by atoms with van der Waals surface area (Å²) >= 11 is 0. The lowest BCUT2D eigenvalue weighted by atomic mass is 9.91. The van der Waals surface area contributed by atoms with Crippen molar-refractivity contribution >= 4 is 45.7 Å². The van der Waals surface area contributed by atoms with Crippen LogP contribution in [-0.2, 0) is 16.6 Å². The van der Waals surface area contributed by atoms with Crippen LogP contribution in [0.1, 0.15) is 40.4 Å². The van der Waals surface area contributed by atoms with Crippen LogP contribution in [0.2, 0.25) is 0 Å². The van der Waals surface area contributed by atoms with Crippen LogP contribution in [-0.4, -0.2) is 56.2 Å². The van der Waals surface area contributed by atoms with Gasteiger partial charge in [-0.2, -0.15) is 0 Å². The summed E-state index contributed by atoms with van der Waals surface area (Å²) in [7, 11) is -2.03. The summed E-state index contributed by atoms with van der Waals surface area (Å²) < 4.78 is 64.9. The Balaban J connectivity index is 0.00000541. The number of urea groups is 1. The lowest BCUT2D eigenvalue weighted by Crippen LogP contribution is -2.47. The van der Waals surface area contributed by atoms with Gasteiger partial charge in [0.25, 0.3) is 5.91 Å². The van der Waals surface area contributed by atoms with Crippen LogP contribution in [0.15, 0.2) is 79.0 Å². The number of carbonyl (C=O) groups is 2. The maximum Gasteiger partial charge on any atom is 0.319 e. The van der Waals surface area contributed by atoms with Crippen molar-refractivity contribution in [3.05, 3.63) is 107 Å². The zero-order valence-corrected chi connectivity index (χ0v) is 28.1. The van der Waals surface area contributed by atoms with Gasteiger partial charge in [-0.05, 0) is 66.4 Å². The number of nitrogens with two attached hydrogens (primary N) is 1. The molecule has 1 aliphatic heterocycles. The number of carbonyl (C=O) groups excluding carboxylic acids is 2. The summed E-state index contributed by atoms with van der Waals surface area (Å²) in [5.41, 5.74) is 7.03. The van der Waals surface area contributed by atoms with E-state index >= 15 is 0 Å². The van der Waals surface area contributed by atoms with E-state index in [9.17, 15) is 26.8 Å². The number of nitrogens with one attached hydrogen (secondary N) is 3. The van der Waals surface area contributed by atoms with Crippen molar-refractivity contribution in [3.8, 4) is 17.4 Å². The molecule has 3 amide bonds. The first kappa shape index (κ1) is 36.8. The first-order chi connectivity index (χ1) is 22.9. The fraction of sp³-hybridized carbons (Fsp3) is 0.242. The Morgan fingerprint density at radius 1 is 1.02 bits per heavy atom. The number of pyridine rings is 1.